The Balaban J connectivity index is 2.15. The summed E-state index contributed by atoms with van der Waals surface area (Å²) in [5, 5.41) is 0. The van der Waals surface area contributed by atoms with Crippen LogP contribution < -0.4 is 5.73 Å². The van der Waals surface area contributed by atoms with Crippen molar-refractivity contribution in [3.05, 3.63) is 41.6 Å². The molecule has 0 saturated heterocycles. The van der Waals surface area contributed by atoms with Crippen molar-refractivity contribution in [2.24, 2.45) is 5.73 Å². The number of hydrogen-bond acceptors (Lipinski definition) is 4. The minimum atomic E-state index is 0.347. The van der Waals surface area contributed by atoms with E-state index in [0.29, 0.717) is 12.4 Å². The maximum absolute atomic E-state index is 5.62. The van der Waals surface area contributed by atoms with Crippen LogP contribution in [-0.4, -0.2) is 19.9 Å². The van der Waals surface area contributed by atoms with Crippen LogP contribution in [0.2, 0.25) is 0 Å². The van der Waals surface area contributed by atoms with Gasteiger partial charge in [-0.3, -0.25) is 0 Å². The van der Waals surface area contributed by atoms with E-state index in [4.69, 9.17) is 5.73 Å². The van der Waals surface area contributed by atoms with E-state index in [1.807, 2.05) is 32.0 Å². The monoisotopic (exact) mass is 253 g/mol. The molecule has 5 heteroatoms. The number of nitrogens with one attached hydrogen (secondary N) is 1. The number of aromatic amines is 1. The Kier molecular flexibility index (Phi) is 2.76. The molecule has 3 N–H and O–H groups in total. The summed E-state index contributed by atoms with van der Waals surface area (Å²) in [6.07, 6.45) is 0. The SMILES string of the molecule is Cc1cc(-c2ccc3nc(C)[nH]c3c2)nc(CN)n1. The second-order valence-corrected chi connectivity index (χ2v) is 4.57. The molecular formula is C14H15N5. The van der Waals surface area contributed by atoms with Crippen LogP contribution in [0.1, 0.15) is 17.3 Å². The number of hydrogen-bond donors (Lipinski definition) is 2. The standard InChI is InChI=1S/C14H15N5/c1-8-5-12(19-14(7-15)16-8)10-3-4-11-13(6-10)18-9(2)17-11/h3-6H,7,15H2,1-2H3,(H,17,18). The molecule has 0 bridgehead atoms. The molecule has 0 amide bonds. The van der Waals surface area contributed by atoms with Crippen molar-refractivity contribution in [2.75, 3.05) is 0 Å². The van der Waals surface area contributed by atoms with E-state index in [-0.39, 0.29) is 0 Å². The van der Waals surface area contributed by atoms with Gasteiger partial charge in [0.1, 0.15) is 11.6 Å². The minimum Gasteiger partial charge on any atom is -0.342 e. The Labute approximate surface area is 110 Å². The molecule has 3 rings (SSSR count). The number of rotatable bonds is 2. The number of benzene rings is 1. The molecule has 0 aliphatic heterocycles. The first-order chi connectivity index (χ1) is 9.15. The summed E-state index contributed by atoms with van der Waals surface area (Å²) in [5.41, 5.74) is 10.4. The molecule has 2 heterocycles. The number of aromatic nitrogens is 4. The van der Waals surface area contributed by atoms with E-state index in [1.54, 1.807) is 0 Å². The zero-order valence-corrected chi connectivity index (χ0v) is 10.9. The summed E-state index contributed by atoms with van der Waals surface area (Å²) in [6.45, 7) is 4.24. The molecule has 1 aromatic carbocycles. The van der Waals surface area contributed by atoms with Gasteiger partial charge in [0.05, 0.1) is 23.3 Å². The summed E-state index contributed by atoms with van der Waals surface area (Å²) in [5.74, 6) is 1.57. The molecule has 0 unspecified atom stereocenters. The lowest BCUT2D eigenvalue weighted by Crippen LogP contribution is -2.05. The van der Waals surface area contributed by atoms with E-state index in [1.165, 1.54) is 0 Å². The van der Waals surface area contributed by atoms with Gasteiger partial charge in [0.2, 0.25) is 0 Å². The van der Waals surface area contributed by atoms with Crippen LogP contribution in [0.5, 0.6) is 0 Å². The third kappa shape index (κ3) is 2.20. The van der Waals surface area contributed by atoms with Gasteiger partial charge in [-0.1, -0.05) is 6.07 Å². The molecule has 3 aromatic rings. The number of nitrogens with zero attached hydrogens (tertiary/aromatic N) is 3. The van der Waals surface area contributed by atoms with E-state index >= 15 is 0 Å². The number of fused-ring (bicyclic) bond motifs is 1. The number of aryl methyl sites for hydroxylation is 2. The maximum atomic E-state index is 5.62. The summed E-state index contributed by atoms with van der Waals surface area (Å²) in [4.78, 5) is 16.4. The van der Waals surface area contributed by atoms with Crippen LogP contribution in [0.25, 0.3) is 22.3 Å². The number of imidazole rings is 1. The van der Waals surface area contributed by atoms with Gasteiger partial charge >= 0.3 is 0 Å². The largest absolute Gasteiger partial charge is 0.342 e. The number of nitrogens with two attached hydrogens (primary N) is 1. The van der Waals surface area contributed by atoms with Crippen molar-refractivity contribution in [3.63, 3.8) is 0 Å². The lowest BCUT2D eigenvalue weighted by atomic mass is 10.1. The molecule has 0 aliphatic carbocycles. The zero-order chi connectivity index (χ0) is 13.4. The first-order valence-electron chi connectivity index (χ1n) is 6.17. The predicted molar refractivity (Wildman–Crippen MR) is 74.5 cm³/mol. The first-order valence-corrected chi connectivity index (χ1v) is 6.17. The Bertz CT molecular complexity index is 745. The molecule has 0 fully saturated rings. The molecule has 19 heavy (non-hydrogen) atoms. The lowest BCUT2D eigenvalue weighted by molar-refractivity contribution is 0.894. The van der Waals surface area contributed by atoms with Gasteiger partial charge in [-0.05, 0) is 32.0 Å². The molecular weight excluding hydrogens is 238 g/mol. The van der Waals surface area contributed by atoms with Crippen LogP contribution in [0, 0.1) is 13.8 Å². The Morgan fingerprint density at radius 3 is 2.74 bits per heavy atom. The van der Waals surface area contributed by atoms with Crippen molar-refractivity contribution < 1.29 is 0 Å². The van der Waals surface area contributed by atoms with Gasteiger partial charge in [0, 0.05) is 11.3 Å². The minimum absolute atomic E-state index is 0.347. The summed E-state index contributed by atoms with van der Waals surface area (Å²) < 4.78 is 0. The second kappa shape index (κ2) is 4.44. The van der Waals surface area contributed by atoms with E-state index < -0.39 is 0 Å². The van der Waals surface area contributed by atoms with Gasteiger partial charge in [-0.25, -0.2) is 15.0 Å². The van der Waals surface area contributed by atoms with Crippen LogP contribution >= 0.6 is 0 Å². The topological polar surface area (TPSA) is 80.5 Å². The second-order valence-electron chi connectivity index (χ2n) is 4.57. The zero-order valence-electron chi connectivity index (χ0n) is 10.9. The first kappa shape index (κ1) is 11.8. The van der Waals surface area contributed by atoms with Gasteiger partial charge in [-0.15, -0.1) is 0 Å². The highest BCUT2D eigenvalue weighted by molar-refractivity contribution is 5.81. The average molecular weight is 253 g/mol. The van der Waals surface area contributed by atoms with Gasteiger partial charge in [0.15, 0.2) is 0 Å². The molecule has 0 radical (unpaired) electrons. The Morgan fingerprint density at radius 2 is 1.95 bits per heavy atom. The third-order valence-corrected chi connectivity index (χ3v) is 2.98. The van der Waals surface area contributed by atoms with Gasteiger partial charge in [-0.2, -0.15) is 0 Å². The molecule has 5 nitrogen and oxygen atoms in total. The normalized spacial score (nSPS) is 11.1. The van der Waals surface area contributed by atoms with Crippen molar-refractivity contribution in [1.29, 1.82) is 0 Å². The molecule has 96 valence electrons. The highest BCUT2D eigenvalue weighted by Gasteiger charge is 2.06. The molecule has 0 atom stereocenters. The van der Waals surface area contributed by atoms with Crippen LogP contribution in [0.15, 0.2) is 24.3 Å². The summed E-state index contributed by atoms with van der Waals surface area (Å²) >= 11 is 0. The van der Waals surface area contributed by atoms with E-state index in [9.17, 15) is 0 Å². The Morgan fingerprint density at radius 1 is 1.11 bits per heavy atom. The molecule has 0 saturated carbocycles. The van der Waals surface area contributed by atoms with Gasteiger partial charge in [0.25, 0.3) is 0 Å². The Hall–Kier alpha value is -2.27. The van der Waals surface area contributed by atoms with Crippen LogP contribution in [-0.2, 0) is 6.54 Å². The predicted octanol–water partition coefficient (Wildman–Crippen LogP) is 2.10. The van der Waals surface area contributed by atoms with Crippen LogP contribution in [0.3, 0.4) is 0 Å². The van der Waals surface area contributed by atoms with Crippen molar-refractivity contribution in [1.82, 2.24) is 19.9 Å². The summed E-state index contributed by atoms with van der Waals surface area (Å²) in [6, 6.07) is 8.03. The van der Waals surface area contributed by atoms with E-state index in [2.05, 4.69) is 26.0 Å². The molecule has 2 aromatic heterocycles. The van der Waals surface area contributed by atoms with Crippen molar-refractivity contribution >= 4 is 11.0 Å². The van der Waals surface area contributed by atoms with Crippen molar-refractivity contribution in [2.45, 2.75) is 20.4 Å². The highest BCUT2D eigenvalue weighted by atomic mass is 14.9. The summed E-state index contributed by atoms with van der Waals surface area (Å²) in [7, 11) is 0. The fourth-order valence-electron chi connectivity index (χ4n) is 2.17. The fourth-order valence-corrected chi connectivity index (χ4v) is 2.17. The molecule has 0 spiro atoms. The third-order valence-electron chi connectivity index (χ3n) is 2.98. The van der Waals surface area contributed by atoms with Gasteiger partial charge < -0.3 is 10.7 Å². The van der Waals surface area contributed by atoms with Crippen molar-refractivity contribution in [3.8, 4) is 11.3 Å². The van der Waals surface area contributed by atoms with Crippen LogP contribution in [0.4, 0.5) is 0 Å². The average Bonchev–Trinajstić information content (AvgIpc) is 2.76. The highest BCUT2D eigenvalue weighted by Crippen LogP contribution is 2.22. The smallest absolute Gasteiger partial charge is 0.142 e. The molecule has 0 aliphatic rings. The number of H-pyrrole nitrogens is 1. The lowest BCUT2D eigenvalue weighted by Gasteiger charge is -2.04. The quantitative estimate of drug-likeness (QED) is 0.732. The van der Waals surface area contributed by atoms with E-state index in [0.717, 1.165) is 33.8 Å². The fraction of sp³-hybridized carbons (Fsp3) is 0.214. The maximum Gasteiger partial charge on any atom is 0.142 e.